The first kappa shape index (κ1) is 22.7. The average Bonchev–Trinajstić information content (AvgIpc) is 3.51. The molecule has 1 saturated carbocycles. The number of nitrogens with one attached hydrogen (secondary N) is 1. The van der Waals surface area contributed by atoms with E-state index in [0.717, 1.165) is 62.4 Å². The van der Waals surface area contributed by atoms with Crippen molar-refractivity contribution in [2.24, 2.45) is 11.3 Å². The first-order chi connectivity index (χ1) is 15.5. The summed E-state index contributed by atoms with van der Waals surface area (Å²) in [5, 5.41) is 3.17. The van der Waals surface area contributed by atoms with Crippen molar-refractivity contribution >= 4 is 5.91 Å². The third-order valence-corrected chi connectivity index (χ3v) is 7.49. The van der Waals surface area contributed by atoms with E-state index < -0.39 is 0 Å². The number of aryl methyl sites for hydroxylation is 2. The lowest BCUT2D eigenvalue weighted by molar-refractivity contribution is -0.123. The number of nitrogens with zero attached hydrogens (tertiary/aromatic N) is 1. The largest absolute Gasteiger partial charge is 0.496 e. The van der Waals surface area contributed by atoms with Crippen LogP contribution in [-0.4, -0.2) is 44.7 Å². The molecule has 0 unspecified atom stereocenters. The maximum atomic E-state index is 12.8. The summed E-state index contributed by atoms with van der Waals surface area (Å²) < 4.78 is 10.9. The predicted octanol–water partition coefficient (Wildman–Crippen LogP) is 4.28. The number of piperidine rings is 1. The number of rotatable bonds is 8. The number of methoxy groups -OCH3 is 2. The van der Waals surface area contributed by atoms with Crippen molar-refractivity contribution < 1.29 is 14.3 Å². The predicted molar refractivity (Wildman–Crippen MR) is 127 cm³/mol. The molecule has 2 aliphatic rings. The maximum Gasteiger partial charge on any atom is 0.223 e. The highest BCUT2D eigenvalue weighted by molar-refractivity contribution is 5.82. The second-order valence-electron chi connectivity index (χ2n) is 9.50. The van der Waals surface area contributed by atoms with Gasteiger partial charge >= 0.3 is 0 Å². The summed E-state index contributed by atoms with van der Waals surface area (Å²) in [5.41, 5.74) is 5.22. The van der Waals surface area contributed by atoms with Crippen LogP contribution >= 0.6 is 0 Å². The highest BCUT2D eigenvalue weighted by Crippen LogP contribution is 2.59. The van der Waals surface area contributed by atoms with Gasteiger partial charge in [-0.3, -0.25) is 9.69 Å². The summed E-state index contributed by atoms with van der Waals surface area (Å²) in [4.78, 5) is 15.3. The van der Waals surface area contributed by atoms with Crippen LogP contribution in [0.5, 0.6) is 11.5 Å². The number of benzene rings is 2. The van der Waals surface area contributed by atoms with Crippen molar-refractivity contribution in [2.45, 2.75) is 46.1 Å². The Bertz CT molecular complexity index is 963. The Morgan fingerprint density at radius 1 is 1.03 bits per heavy atom. The number of ether oxygens (including phenoxy) is 2. The number of hydrogen-bond donors (Lipinski definition) is 1. The molecule has 0 bridgehead atoms. The third kappa shape index (κ3) is 4.78. The van der Waals surface area contributed by atoms with Gasteiger partial charge in [0.1, 0.15) is 11.5 Å². The second kappa shape index (κ2) is 9.53. The van der Waals surface area contributed by atoms with Gasteiger partial charge in [-0.25, -0.2) is 0 Å². The molecular formula is C27H36N2O3. The smallest absolute Gasteiger partial charge is 0.223 e. The molecule has 32 heavy (non-hydrogen) atoms. The molecule has 1 spiro atoms. The fourth-order valence-corrected chi connectivity index (χ4v) is 5.26. The molecule has 5 nitrogen and oxygen atoms in total. The summed E-state index contributed by atoms with van der Waals surface area (Å²) in [7, 11) is 3.42. The Balaban J connectivity index is 1.24. The molecular weight excluding hydrogens is 400 g/mol. The quantitative estimate of drug-likeness (QED) is 0.671. The second-order valence-corrected chi connectivity index (χ2v) is 9.50. The fourth-order valence-electron chi connectivity index (χ4n) is 5.26. The fraction of sp³-hybridized carbons (Fsp3) is 0.519. The van der Waals surface area contributed by atoms with Gasteiger partial charge in [0, 0.05) is 19.0 Å². The van der Waals surface area contributed by atoms with E-state index in [4.69, 9.17) is 9.47 Å². The van der Waals surface area contributed by atoms with Crippen molar-refractivity contribution in [3.63, 3.8) is 0 Å². The molecule has 1 aliphatic heterocycles. The van der Waals surface area contributed by atoms with Crippen molar-refractivity contribution in [1.82, 2.24) is 10.2 Å². The van der Waals surface area contributed by atoms with E-state index in [-0.39, 0.29) is 17.2 Å². The topological polar surface area (TPSA) is 50.8 Å². The maximum absolute atomic E-state index is 12.8. The Labute approximate surface area is 192 Å². The molecule has 0 aromatic heterocycles. The monoisotopic (exact) mass is 436 g/mol. The Morgan fingerprint density at radius 3 is 2.47 bits per heavy atom. The lowest BCUT2D eigenvalue weighted by atomic mass is 9.90. The van der Waals surface area contributed by atoms with E-state index >= 15 is 0 Å². The van der Waals surface area contributed by atoms with E-state index in [2.05, 4.69) is 42.3 Å². The van der Waals surface area contributed by atoms with Gasteiger partial charge in [-0.05, 0) is 92.4 Å². The van der Waals surface area contributed by atoms with Crippen molar-refractivity contribution in [3.8, 4) is 11.5 Å². The molecule has 1 heterocycles. The standard InChI is InChI=1S/C27H36N2O3/c1-19-16-25(32-4)20(2)15-22(19)18-29-13-10-27(11-14-29)17-23(27)26(30)28-12-9-21-7-5-6-8-24(21)31-3/h5-8,15-16,23H,9-14,17-18H2,1-4H3,(H,28,30)/t23-/m0/s1. The molecule has 2 aromatic rings. The molecule has 1 atom stereocenters. The number of likely N-dealkylation sites (tertiary alicyclic amines) is 1. The van der Waals surface area contributed by atoms with Crippen LogP contribution in [0, 0.1) is 25.2 Å². The van der Waals surface area contributed by atoms with Crippen LogP contribution in [-0.2, 0) is 17.8 Å². The van der Waals surface area contributed by atoms with E-state index in [1.165, 1.54) is 16.7 Å². The molecule has 4 rings (SSSR count). The van der Waals surface area contributed by atoms with Gasteiger partial charge in [0.2, 0.25) is 5.91 Å². The molecule has 1 saturated heterocycles. The third-order valence-electron chi connectivity index (χ3n) is 7.49. The zero-order chi connectivity index (χ0) is 22.7. The average molecular weight is 437 g/mol. The highest BCUT2D eigenvalue weighted by Gasteiger charge is 2.58. The van der Waals surface area contributed by atoms with Crippen LogP contribution in [0.3, 0.4) is 0 Å². The van der Waals surface area contributed by atoms with Crippen molar-refractivity contribution in [3.05, 3.63) is 58.7 Å². The molecule has 2 fully saturated rings. The minimum absolute atomic E-state index is 0.187. The minimum Gasteiger partial charge on any atom is -0.496 e. The lowest BCUT2D eigenvalue weighted by Gasteiger charge is -2.33. The van der Waals surface area contributed by atoms with Gasteiger partial charge in [-0.2, -0.15) is 0 Å². The number of para-hydroxylation sites is 1. The molecule has 5 heteroatoms. The first-order valence-corrected chi connectivity index (χ1v) is 11.7. The van der Waals surface area contributed by atoms with E-state index in [1.54, 1.807) is 14.2 Å². The number of hydrogen-bond acceptors (Lipinski definition) is 4. The lowest BCUT2D eigenvalue weighted by Crippen LogP contribution is -2.37. The number of carbonyl (C=O) groups is 1. The Hall–Kier alpha value is -2.53. The molecule has 1 amide bonds. The summed E-state index contributed by atoms with van der Waals surface area (Å²) in [6.07, 6.45) is 4.07. The number of carbonyl (C=O) groups excluding carboxylic acids is 1. The van der Waals surface area contributed by atoms with Crippen LogP contribution in [0.25, 0.3) is 0 Å². The van der Waals surface area contributed by atoms with E-state index in [9.17, 15) is 4.79 Å². The van der Waals surface area contributed by atoms with Crippen LogP contribution in [0.2, 0.25) is 0 Å². The van der Waals surface area contributed by atoms with Gasteiger partial charge in [-0.15, -0.1) is 0 Å². The SMILES string of the molecule is COc1cc(C)c(CN2CCC3(CC2)C[C@H]3C(=O)NCCc2ccccc2OC)cc1C. The van der Waals surface area contributed by atoms with Gasteiger partial charge in [-0.1, -0.05) is 24.3 Å². The minimum atomic E-state index is 0.187. The highest BCUT2D eigenvalue weighted by atomic mass is 16.5. The summed E-state index contributed by atoms with van der Waals surface area (Å²) in [6, 6.07) is 12.4. The molecule has 172 valence electrons. The van der Waals surface area contributed by atoms with Gasteiger partial charge in [0.25, 0.3) is 0 Å². The van der Waals surface area contributed by atoms with Crippen LogP contribution in [0.1, 0.15) is 41.5 Å². The van der Waals surface area contributed by atoms with Crippen LogP contribution < -0.4 is 14.8 Å². The van der Waals surface area contributed by atoms with Gasteiger partial charge < -0.3 is 14.8 Å². The van der Waals surface area contributed by atoms with Crippen molar-refractivity contribution in [1.29, 1.82) is 0 Å². The normalized spacial score (nSPS) is 19.6. The zero-order valence-electron chi connectivity index (χ0n) is 19.9. The Kier molecular flexibility index (Phi) is 6.75. The van der Waals surface area contributed by atoms with Gasteiger partial charge in [0.15, 0.2) is 0 Å². The van der Waals surface area contributed by atoms with E-state index in [0.29, 0.717) is 6.54 Å². The molecule has 2 aromatic carbocycles. The number of amides is 1. The molecule has 1 aliphatic carbocycles. The van der Waals surface area contributed by atoms with Crippen molar-refractivity contribution in [2.75, 3.05) is 33.9 Å². The molecule has 0 radical (unpaired) electrons. The summed E-state index contributed by atoms with van der Waals surface area (Å²) in [6.45, 7) is 8.03. The van der Waals surface area contributed by atoms with E-state index in [1.807, 2.05) is 18.2 Å². The summed E-state index contributed by atoms with van der Waals surface area (Å²) >= 11 is 0. The van der Waals surface area contributed by atoms with Crippen LogP contribution in [0.15, 0.2) is 36.4 Å². The Morgan fingerprint density at radius 2 is 1.75 bits per heavy atom. The van der Waals surface area contributed by atoms with Gasteiger partial charge in [0.05, 0.1) is 14.2 Å². The summed E-state index contributed by atoms with van der Waals surface area (Å²) in [5.74, 6) is 2.27. The zero-order valence-corrected chi connectivity index (χ0v) is 19.9. The molecule has 1 N–H and O–H groups in total. The van der Waals surface area contributed by atoms with Crippen LogP contribution in [0.4, 0.5) is 0 Å². The first-order valence-electron chi connectivity index (χ1n) is 11.7.